The van der Waals surface area contributed by atoms with Gasteiger partial charge in [-0.25, -0.2) is 4.57 Å². The molecule has 0 aliphatic carbocycles. The van der Waals surface area contributed by atoms with Crippen molar-refractivity contribution in [2.24, 2.45) is 0 Å². The van der Waals surface area contributed by atoms with Gasteiger partial charge >= 0.3 is 19.8 Å². The van der Waals surface area contributed by atoms with E-state index in [0.29, 0.717) is 17.4 Å². The number of nitrogens with zero attached hydrogens (tertiary/aromatic N) is 1. The SMILES string of the molecule is CCCCCCCCCCCCCCCCCCCCCCCCCCCCCCCCCCCCCCCCCCC(=O)OC(COC(=O)CCCCCCCCCCCCCC)COP(=O)(O)OCC[N+](C)(C)C. The number of ether oxygens (including phenoxy) is 2. The van der Waals surface area contributed by atoms with Crippen LogP contribution in [0.1, 0.15) is 361 Å². The molecule has 2 atom stereocenters. The van der Waals surface area contributed by atoms with Crippen molar-refractivity contribution in [1.82, 2.24) is 0 Å². The minimum atomic E-state index is -4.38. The fraction of sp³-hybridized carbons (Fsp3) is 0.970. The highest BCUT2D eigenvalue weighted by molar-refractivity contribution is 7.47. The molecule has 0 saturated heterocycles. The van der Waals surface area contributed by atoms with Gasteiger partial charge in [-0.1, -0.05) is 335 Å². The van der Waals surface area contributed by atoms with E-state index < -0.39 is 26.5 Å². The summed E-state index contributed by atoms with van der Waals surface area (Å²) in [5.74, 6) is -0.775. The molecule has 0 aromatic heterocycles. The third-order valence-electron chi connectivity index (χ3n) is 15.6. The molecule has 9 nitrogen and oxygen atoms in total. The van der Waals surface area contributed by atoms with Crippen molar-refractivity contribution >= 4 is 19.8 Å². The molecule has 0 fully saturated rings. The van der Waals surface area contributed by atoms with Crippen LogP contribution in [0, 0.1) is 0 Å². The summed E-state index contributed by atoms with van der Waals surface area (Å²) in [6.45, 7) is 4.49. The lowest BCUT2D eigenvalue weighted by Crippen LogP contribution is -2.37. The lowest BCUT2D eigenvalue weighted by atomic mass is 10.0. The molecular weight excluding hydrogens is 966 g/mol. The number of carbonyl (C=O) groups is 2. The number of quaternary nitrogens is 1. The second-order valence-corrected chi connectivity index (χ2v) is 26.0. The number of phosphoric ester groups is 1. The molecule has 0 aromatic carbocycles. The molecule has 454 valence electrons. The number of rotatable bonds is 64. The maximum atomic E-state index is 12.8. The normalized spacial score (nSPS) is 13.1. The number of unbranched alkanes of at least 4 members (excludes halogenated alkanes) is 50. The zero-order valence-electron chi connectivity index (χ0n) is 51.8. The van der Waals surface area contributed by atoms with Crippen molar-refractivity contribution in [3.05, 3.63) is 0 Å². The number of carbonyl (C=O) groups excluding carboxylic acids is 2. The number of phosphoric acid groups is 1. The predicted molar refractivity (Wildman–Crippen MR) is 326 cm³/mol. The zero-order chi connectivity index (χ0) is 55.6. The molecule has 0 saturated carbocycles. The van der Waals surface area contributed by atoms with E-state index in [1.807, 2.05) is 21.1 Å². The molecule has 0 aromatic rings. The van der Waals surface area contributed by atoms with Gasteiger partial charge in [-0.3, -0.25) is 18.6 Å². The fourth-order valence-electron chi connectivity index (χ4n) is 10.4. The summed E-state index contributed by atoms with van der Waals surface area (Å²) in [7, 11) is 1.50. The van der Waals surface area contributed by atoms with Crippen LogP contribution in [0.3, 0.4) is 0 Å². The van der Waals surface area contributed by atoms with E-state index in [1.54, 1.807) is 0 Å². The quantitative estimate of drug-likeness (QED) is 0.0278. The van der Waals surface area contributed by atoms with Gasteiger partial charge < -0.3 is 18.9 Å². The first-order chi connectivity index (χ1) is 37.0. The lowest BCUT2D eigenvalue weighted by molar-refractivity contribution is -0.870. The molecule has 0 aliphatic heterocycles. The molecule has 1 N–H and O–H groups in total. The van der Waals surface area contributed by atoms with Gasteiger partial charge in [0.1, 0.15) is 19.8 Å². The Labute approximate surface area is 474 Å². The summed E-state index contributed by atoms with van der Waals surface area (Å²) >= 11 is 0. The first-order valence-electron chi connectivity index (χ1n) is 33.8. The molecule has 0 amide bonds. The van der Waals surface area contributed by atoms with Crippen LogP contribution in [0.15, 0.2) is 0 Å². The van der Waals surface area contributed by atoms with Crippen molar-refractivity contribution in [3.63, 3.8) is 0 Å². The summed E-state index contributed by atoms with van der Waals surface area (Å²) in [6.07, 6.45) is 69.6. The van der Waals surface area contributed by atoms with Gasteiger partial charge in [0.2, 0.25) is 0 Å². The monoisotopic (exact) mass is 1100 g/mol. The second-order valence-electron chi connectivity index (χ2n) is 24.6. The summed E-state index contributed by atoms with van der Waals surface area (Å²) in [4.78, 5) is 35.6. The smallest absolute Gasteiger partial charge is 0.462 e. The van der Waals surface area contributed by atoms with E-state index in [1.165, 1.54) is 295 Å². The van der Waals surface area contributed by atoms with Crippen LogP contribution < -0.4 is 0 Å². The number of hydrogen-bond donors (Lipinski definition) is 1. The first kappa shape index (κ1) is 75.0. The maximum Gasteiger partial charge on any atom is 0.472 e. The number of likely N-dealkylation sites (N-methyl/N-ethyl adjacent to an activating group) is 1. The van der Waals surface area contributed by atoms with Crippen LogP contribution in [0.25, 0.3) is 0 Å². The van der Waals surface area contributed by atoms with Crippen LogP contribution in [0.4, 0.5) is 0 Å². The van der Waals surface area contributed by atoms with Crippen LogP contribution in [-0.4, -0.2) is 74.9 Å². The van der Waals surface area contributed by atoms with Gasteiger partial charge in [0.15, 0.2) is 6.10 Å². The van der Waals surface area contributed by atoms with Gasteiger partial charge in [-0.15, -0.1) is 0 Å². The molecule has 0 spiro atoms. The Bertz CT molecular complexity index is 1240. The van der Waals surface area contributed by atoms with Gasteiger partial charge in [-0.05, 0) is 12.8 Å². The summed E-state index contributed by atoms with van der Waals surface area (Å²) in [6, 6.07) is 0. The van der Waals surface area contributed by atoms with Crippen LogP contribution in [0.5, 0.6) is 0 Å². The van der Waals surface area contributed by atoms with E-state index in [-0.39, 0.29) is 25.6 Å². The van der Waals surface area contributed by atoms with E-state index in [4.69, 9.17) is 18.5 Å². The highest BCUT2D eigenvalue weighted by atomic mass is 31.2. The minimum Gasteiger partial charge on any atom is -0.462 e. The molecule has 0 aliphatic rings. The average molecular weight is 1100 g/mol. The second kappa shape index (κ2) is 58.7. The molecule has 0 radical (unpaired) electrons. The van der Waals surface area contributed by atoms with Gasteiger partial charge in [-0.2, -0.15) is 0 Å². The number of hydrogen-bond acceptors (Lipinski definition) is 7. The average Bonchev–Trinajstić information content (AvgIpc) is 3.38. The maximum absolute atomic E-state index is 12.8. The Kier molecular flexibility index (Phi) is 57.9. The molecular formula is C66H133NO8P+. The van der Waals surface area contributed by atoms with Gasteiger partial charge in [0.05, 0.1) is 27.7 Å². The summed E-state index contributed by atoms with van der Waals surface area (Å²) in [5, 5.41) is 0. The van der Waals surface area contributed by atoms with Crippen LogP contribution in [-0.2, 0) is 32.7 Å². The van der Waals surface area contributed by atoms with E-state index in [9.17, 15) is 19.0 Å². The molecule has 0 rings (SSSR count). The highest BCUT2D eigenvalue weighted by Crippen LogP contribution is 2.43. The largest absolute Gasteiger partial charge is 0.472 e. The topological polar surface area (TPSA) is 108 Å². The Balaban J connectivity index is 3.78. The zero-order valence-corrected chi connectivity index (χ0v) is 52.7. The van der Waals surface area contributed by atoms with Crippen molar-refractivity contribution in [2.45, 2.75) is 367 Å². The standard InChI is InChI=1S/C66H132NO8P/c1-6-8-10-12-14-16-18-20-21-22-23-24-25-26-27-28-29-30-31-32-33-34-35-36-37-38-39-40-41-42-43-44-45-46-47-49-51-53-55-57-59-66(69)75-64(63-74-76(70,71)73-61-60-67(3,4)5)62-72-65(68)58-56-54-52-50-48-19-17-15-13-11-9-7-2/h64H,6-63H2,1-5H3/p+1. The Hall–Kier alpha value is -0.990. The predicted octanol–water partition coefficient (Wildman–Crippen LogP) is 21.4. The van der Waals surface area contributed by atoms with E-state index in [2.05, 4.69) is 13.8 Å². The number of esters is 2. The fourth-order valence-corrected chi connectivity index (χ4v) is 11.2. The molecule has 10 heteroatoms. The van der Waals surface area contributed by atoms with Crippen molar-refractivity contribution in [1.29, 1.82) is 0 Å². The van der Waals surface area contributed by atoms with Crippen molar-refractivity contribution < 1.29 is 42.1 Å². The lowest BCUT2D eigenvalue weighted by Gasteiger charge is -2.24. The molecule has 76 heavy (non-hydrogen) atoms. The molecule has 0 heterocycles. The van der Waals surface area contributed by atoms with E-state index in [0.717, 1.165) is 38.5 Å². The molecule has 0 bridgehead atoms. The summed E-state index contributed by atoms with van der Waals surface area (Å²) in [5.41, 5.74) is 0. The third-order valence-corrected chi connectivity index (χ3v) is 16.6. The van der Waals surface area contributed by atoms with Crippen LogP contribution >= 0.6 is 7.82 Å². The summed E-state index contributed by atoms with van der Waals surface area (Å²) < 4.78 is 34.6. The minimum absolute atomic E-state index is 0.0373. The first-order valence-corrected chi connectivity index (χ1v) is 35.3. The van der Waals surface area contributed by atoms with Gasteiger partial charge in [0.25, 0.3) is 0 Å². The van der Waals surface area contributed by atoms with Crippen LogP contribution in [0.2, 0.25) is 0 Å². The molecule has 2 unspecified atom stereocenters. The Morgan fingerprint density at radius 1 is 0.355 bits per heavy atom. The van der Waals surface area contributed by atoms with Crippen molar-refractivity contribution in [3.8, 4) is 0 Å². The highest BCUT2D eigenvalue weighted by Gasteiger charge is 2.27. The van der Waals surface area contributed by atoms with Crippen molar-refractivity contribution in [2.75, 3.05) is 47.5 Å². The van der Waals surface area contributed by atoms with E-state index >= 15 is 0 Å². The Morgan fingerprint density at radius 3 is 0.842 bits per heavy atom. The third kappa shape index (κ3) is 62.2. The van der Waals surface area contributed by atoms with Gasteiger partial charge in [0, 0.05) is 12.8 Å². The Morgan fingerprint density at radius 2 is 0.592 bits per heavy atom.